The molecule has 2 aromatic heterocycles. The van der Waals surface area contributed by atoms with E-state index in [0.717, 1.165) is 11.3 Å². The molecule has 10 heteroatoms. The van der Waals surface area contributed by atoms with Crippen molar-refractivity contribution in [2.75, 3.05) is 6.61 Å². The predicted molar refractivity (Wildman–Crippen MR) is 105 cm³/mol. The fourth-order valence-corrected chi connectivity index (χ4v) is 3.68. The summed E-state index contributed by atoms with van der Waals surface area (Å²) in [6.07, 6.45) is 3.00. The van der Waals surface area contributed by atoms with Crippen LogP contribution in [0.15, 0.2) is 23.0 Å². The zero-order valence-electron chi connectivity index (χ0n) is 14.9. The van der Waals surface area contributed by atoms with Crippen LogP contribution in [0.25, 0.3) is 22.4 Å². The Labute approximate surface area is 162 Å². The summed E-state index contributed by atoms with van der Waals surface area (Å²) < 4.78 is 5.00. The van der Waals surface area contributed by atoms with Gasteiger partial charge in [0.1, 0.15) is 15.5 Å². The van der Waals surface area contributed by atoms with Gasteiger partial charge in [-0.25, -0.2) is 9.78 Å². The number of esters is 1. The van der Waals surface area contributed by atoms with Crippen LogP contribution in [0.5, 0.6) is 5.75 Å². The van der Waals surface area contributed by atoms with Crippen molar-refractivity contribution in [2.24, 2.45) is 0 Å². The van der Waals surface area contributed by atoms with E-state index in [1.807, 2.05) is 0 Å². The van der Waals surface area contributed by atoms with Gasteiger partial charge in [-0.05, 0) is 37.1 Å². The van der Waals surface area contributed by atoms with Crippen molar-refractivity contribution >= 4 is 45.4 Å². The molecule has 0 fully saturated rings. The molecular weight excluding hydrogens is 386 g/mol. The van der Waals surface area contributed by atoms with Crippen LogP contribution in [0, 0.1) is 17.0 Å². The molecule has 0 spiro atoms. The number of aromatic hydroxyl groups is 1. The third-order valence-corrected chi connectivity index (χ3v) is 5.08. The van der Waals surface area contributed by atoms with Crippen molar-refractivity contribution in [1.82, 2.24) is 9.97 Å². The Balaban J connectivity index is 2.00. The fraction of sp³-hybridized carbons (Fsp3) is 0.167. The SMILES string of the molecule is CCOC(=O)c1sc2nc(/C=C/c3ccc(O)c([N+](=O)[O-])c3)[nH]c(=O)c2c1C. The molecule has 144 valence electrons. The lowest BCUT2D eigenvalue weighted by molar-refractivity contribution is -0.385. The van der Waals surface area contributed by atoms with Crippen LogP contribution in [-0.4, -0.2) is 32.6 Å². The molecule has 0 aliphatic carbocycles. The number of phenolic OH excluding ortho intramolecular Hbond substituents is 1. The van der Waals surface area contributed by atoms with Gasteiger partial charge in [0.25, 0.3) is 5.56 Å². The Morgan fingerprint density at radius 2 is 2.18 bits per heavy atom. The maximum atomic E-state index is 12.4. The Morgan fingerprint density at radius 3 is 2.86 bits per heavy atom. The van der Waals surface area contributed by atoms with Gasteiger partial charge in [-0.2, -0.15) is 0 Å². The minimum absolute atomic E-state index is 0.225. The number of phenols is 1. The molecule has 0 aliphatic rings. The van der Waals surface area contributed by atoms with E-state index in [-0.39, 0.29) is 12.4 Å². The third-order valence-electron chi connectivity index (χ3n) is 3.91. The van der Waals surface area contributed by atoms with Crippen molar-refractivity contribution in [3.05, 3.63) is 60.5 Å². The number of aromatic nitrogens is 2. The zero-order valence-corrected chi connectivity index (χ0v) is 15.7. The Hall–Kier alpha value is -3.53. The van der Waals surface area contributed by atoms with Gasteiger partial charge in [0, 0.05) is 6.07 Å². The van der Waals surface area contributed by atoms with Gasteiger partial charge in [-0.1, -0.05) is 12.1 Å². The number of aromatic amines is 1. The lowest BCUT2D eigenvalue weighted by Gasteiger charge is -1.99. The molecule has 2 N–H and O–H groups in total. The molecule has 1 aromatic carbocycles. The van der Waals surface area contributed by atoms with Gasteiger partial charge in [0.2, 0.25) is 0 Å². The summed E-state index contributed by atoms with van der Waals surface area (Å²) in [5, 5.41) is 20.7. The maximum Gasteiger partial charge on any atom is 0.348 e. The first kappa shape index (κ1) is 19.2. The van der Waals surface area contributed by atoms with Gasteiger partial charge in [-0.15, -0.1) is 11.3 Å². The summed E-state index contributed by atoms with van der Waals surface area (Å²) in [5.41, 5.74) is 0.136. The summed E-state index contributed by atoms with van der Waals surface area (Å²) in [6.45, 7) is 3.58. The number of nitrogens with zero attached hydrogens (tertiary/aromatic N) is 2. The molecule has 0 radical (unpaired) electrons. The quantitative estimate of drug-likeness (QED) is 0.380. The number of carbonyl (C=O) groups is 1. The third kappa shape index (κ3) is 3.62. The first-order valence-electron chi connectivity index (χ1n) is 8.17. The van der Waals surface area contributed by atoms with E-state index in [1.54, 1.807) is 13.8 Å². The highest BCUT2D eigenvalue weighted by Crippen LogP contribution is 2.29. The number of hydrogen-bond donors (Lipinski definition) is 2. The van der Waals surface area contributed by atoms with Crippen molar-refractivity contribution in [3.63, 3.8) is 0 Å². The number of H-pyrrole nitrogens is 1. The minimum atomic E-state index is -0.690. The molecule has 3 rings (SSSR count). The molecule has 3 aromatic rings. The van der Waals surface area contributed by atoms with E-state index in [4.69, 9.17) is 4.74 Å². The minimum Gasteiger partial charge on any atom is -0.502 e. The van der Waals surface area contributed by atoms with E-state index in [2.05, 4.69) is 9.97 Å². The lowest BCUT2D eigenvalue weighted by Crippen LogP contribution is -2.10. The molecule has 0 bridgehead atoms. The Kier molecular flexibility index (Phi) is 5.23. The summed E-state index contributed by atoms with van der Waals surface area (Å²) in [6, 6.07) is 3.91. The second-order valence-corrected chi connectivity index (χ2v) is 6.75. The van der Waals surface area contributed by atoms with E-state index in [0.29, 0.717) is 26.2 Å². The van der Waals surface area contributed by atoms with Crippen LogP contribution in [-0.2, 0) is 4.74 Å². The molecule has 0 saturated carbocycles. The maximum absolute atomic E-state index is 12.4. The average Bonchev–Trinajstić information content (AvgIpc) is 2.98. The smallest absolute Gasteiger partial charge is 0.348 e. The van der Waals surface area contributed by atoms with Crippen LogP contribution in [0.4, 0.5) is 5.69 Å². The van der Waals surface area contributed by atoms with Crippen molar-refractivity contribution < 1.29 is 19.6 Å². The van der Waals surface area contributed by atoms with Crippen LogP contribution < -0.4 is 5.56 Å². The largest absolute Gasteiger partial charge is 0.502 e. The standard InChI is InChI=1S/C18H15N3O6S/c1-3-27-18(24)15-9(2)14-16(23)19-13(20-17(14)28-15)7-5-10-4-6-12(22)11(8-10)21(25)26/h4-8,22H,3H2,1-2H3,(H,19,20,23)/b7-5+. The van der Waals surface area contributed by atoms with Crippen molar-refractivity contribution in [3.8, 4) is 5.75 Å². The highest BCUT2D eigenvalue weighted by Gasteiger charge is 2.20. The fourth-order valence-electron chi connectivity index (χ4n) is 2.60. The number of rotatable bonds is 5. The number of fused-ring (bicyclic) bond motifs is 1. The number of benzene rings is 1. The van der Waals surface area contributed by atoms with E-state index < -0.39 is 27.9 Å². The molecule has 0 atom stereocenters. The van der Waals surface area contributed by atoms with Crippen LogP contribution >= 0.6 is 11.3 Å². The van der Waals surface area contributed by atoms with E-state index >= 15 is 0 Å². The highest BCUT2D eigenvalue weighted by molar-refractivity contribution is 7.20. The number of aryl methyl sites for hydroxylation is 1. The summed E-state index contributed by atoms with van der Waals surface area (Å²) in [7, 11) is 0. The van der Waals surface area contributed by atoms with E-state index in [1.165, 1.54) is 30.4 Å². The number of carbonyl (C=O) groups excluding carboxylic acids is 1. The zero-order chi connectivity index (χ0) is 20.4. The molecule has 0 amide bonds. The predicted octanol–water partition coefficient (Wildman–Crippen LogP) is 3.25. The van der Waals surface area contributed by atoms with Gasteiger partial charge in [0.15, 0.2) is 5.75 Å². The van der Waals surface area contributed by atoms with Gasteiger partial charge in [0.05, 0.1) is 16.9 Å². The molecule has 28 heavy (non-hydrogen) atoms. The second-order valence-electron chi connectivity index (χ2n) is 5.75. The Morgan fingerprint density at radius 1 is 1.43 bits per heavy atom. The number of nitro benzene ring substituents is 1. The Bertz CT molecular complexity index is 1180. The molecule has 0 aliphatic heterocycles. The summed E-state index contributed by atoms with van der Waals surface area (Å²) in [5.74, 6) is -0.712. The first-order chi connectivity index (χ1) is 13.3. The van der Waals surface area contributed by atoms with Crippen LogP contribution in [0.2, 0.25) is 0 Å². The van der Waals surface area contributed by atoms with Gasteiger partial charge >= 0.3 is 11.7 Å². The lowest BCUT2D eigenvalue weighted by atomic mass is 10.1. The topological polar surface area (TPSA) is 135 Å². The number of hydrogen-bond acceptors (Lipinski definition) is 8. The molecule has 0 saturated heterocycles. The monoisotopic (exact) mass is 401 g/mol. The normalized spacial score (nSPS) is 11.2. The molecule has 9 nitrogen and oxygen atoms in total. The van der Waals surface area contributed by atoms with Crippen LogP contribution in [0.3, 0.4) is 0 Å². The molecule has 2 heterocycles. The number of nitro groups is 1. The number of nitrogens with one attached hydrogen (secondary N) is 1. The van der Waals surface area contributed by atoms with Crippen LogP contribution in [0.1, 0.15) is 33.5 Å². The second kappa shape index (κ2) is 7.61. The number of ether oxygens (including phenoxy) is 1. The van der Waals surface area contributed by atoms with Crippen molar-refractivity contribution in [1.29, 1.82) is 0 Å². The van der Waals surface area contributed by atoms with E-state index in [9.17, 15) is 24.8 Å². The van der Waals surface area contributed by atoms with Gasteiger partial charge < -0.3 is 14.8 Å². The number of thiophene rings is 1. The van der Waals surface area contributed by atoms with Crippen molar-refractivity contribution in [2.45, 2.75) is 13.8 Å². The van der Waals surface area contributed by atoms with Gasteiger partial charge in [-0.3, -0.25) is 14.9 Å². The summed E-state index contributed by atoms with van der Waals surface area (Å²) >= 11 is 1.07. The first-order valence-corrected chi connectivity index (χ1v) is 8.99. The molecule has 0 unspecified atom stereocenters. The molecular formula is C18H15N3O6S. The highest BCUT2D eigenvalue weighted by atomic mass is 32.1. The average molecular weight is 401 g/mol. The summed E-state index contributed by atoms with van der Waals surface area (Å²) in [4.78, 5) is 42.3.